The standard InChI is InChI=1S/C13H18N2S/c1-2-16-9-8-15-7-6-11-4-3-5-12(10-14)13(11)15/h3-7H,2,8-10,14H2,1H3. The Morgan fingerprint density at radius 2 is 2.19 bits per heavy atom. The summed E-state index contributed by atoms with van der Waals surface area (Å²) in [5.74, 6) is 2.35. The van der Waals surface area contributed by atoms with Gasteiger partial charge in [0.2, 0.25) is 0 Å². The minimum absolute atomic E-state index is 0.613. The first kappa shape index (κ1) is 11.6. The number of hydrogen-bond donors (Lipinski definition) is 1. The number of para-hydroxylation sites is 1. The maximum Gasteiger partial charge on any atom is 0.0526 e. The van der Waals surface area contributed by atoms with Crippen LogP contribution in [0.5, 0.6) is 0 Å². The van der Waals surface area contributed by atoms with Crippen molar-refractivity contribution in [3.63, 3.8) is 0 Å². The van der Waals surface area contributed by atoms with Gasteiger partial charge in [-0.2, -0.15) is 11.8 Å². The van der Waals surface area contributed by atoms with Crippen LogP contribution < -0.4 is 5.73 Å². The molecule has 0 radical (unpaired) electrons. The van der Waals surface area contributed by atoms with Gasteiger partial charge in [0.05, 0.1) is 5.52 Å². The molecule has 0 aliphatic heterocycles. The molecule has 1 aromatic heterocycles. The largest absolute Gasteiger partial charge is 0.346 e. The molecule has 1 aromatic carbocycles. The highest BCUT2D eigenvalue weighted by molar-refractivity contribution is 7.99. The first-order chi connectivity index (χ1) is 7.86. The Bertz CT molecular complexity index is 462. The Labute approximate surface area is 101 Å². The molecule has 0 fully saturated rings. The number of benzene rings is 1. The summed E-state index contributed by atoms with van der Waals surface area (Å²) < 4.78 is 2.32. The van der Waals surface area contributed by atoms with Crippen LogP contribution in [0.3, 0.4) is 0 Å². The van der Waals surface area contributed by atoms with E-state index in [2.05, 4.69) is 42.0 Å². The molecule has 0 unspecified atom stereocenters. The van der Waals surface area contributed by atoms with Crippen LogP contribution in [0.2, 0.25) is 0 Å². The lowest BCUT2D eigenvalue weighted by Crippen LogP contribution is -2.04. The van der Waals surface area contributed by atoms with Crippen molar-refractivity contribution in [2.24, 2.45) is 5.73 Å². The van der Waals surface area contributed by atoms with Crippen molar-refractivity contribution in [2.45, 2.75) is 20.0 Å². The average molecular weight is 234 g/mol. The highest BCUT2D eigenvalue weighted by Crippen LogP contribution is 2.20. The lowest BCUT2D eigenvalue weighted by molar-refractivity contribution is 0.802. The first-order valence-electron chi connectivity index (χ1n) is 5.71. The van der Waals surface area contributed by atoms with E-state index >= 15 is 0 Å². The summed E-state index contributed by atoms with van der Waals surface area (Å²) in [7, 11) is 0. The monoisotopic (exact) mass is 234 g/mol. The number of aryl methyl sites for hydroxylation is 1. The smallest absolute Gasteiger partial charge is 0.0526 e. The van der Waals surface area contributed by atoms with Gasteiger partial charge < -0.3 is 10.3 Å². The van der Waals surface area contributed by atoms with Crippen LogP contribution in [0.25, 0.3) is 10.9 Å². The summed E-state index contributed by atoms with van der Waals surface area (Å²) in [4.78, 5) is 0. The van der Waals surface area contributed by atoms with Gasteiger partial charge in [0.15, 0.2) is 0 Å². The molecule has 0 spiro atoms. The molecule has 2 rings (SSSR count). The Morgan fingerprint density at radius 1 is 1.31 bits per heavy atom. The van der Waals surface area contributed by atoms with Crippen molar-refractivity contribution >= 4 is 22.7 Å². The molecule has 0 atom stereocenters. The van der Waals surface area contributed by atoms with Gasteiger partial charge in [0.25, 0.3) is 0 Å². The zero-order chi connectivity index (χ0) is 11.4. The molecule has 0 aliphatic carbocycles. The van der Waals surface area contributed by atoms with Gasteiger partial charge >= 0.3 is 0 Å². The van der Waals surface area contributed by atoms with Crippen LogP contribution >= 0.6 is 11.8 Å². The maximum atomic E-state index is 5.78. The van der Waals surface area contributed by atoms with Crippen molar-refractivity contribution < 1.29 is 0 Å². The number of thioether (sulfide) groups is 1. The Kier molecular flexibility index (Phi) is 3.91. The van der Waals surface area contributed by atoms with E-state index in [1.807, 2.05) is 11.8 Å². The molecule has 0 saturated heterocycles. The quantitative estimate of drug-likeness (QED) is 0.806. The third-order valence-electron chi connectivity index (χ3n) is 2.77. The molecule has 86 valence electrons. The second-order valence-corrected chi connectivity index (χ2v) is 5.16. The van der Waals surface area contributed by atoms with Gasteiger partial charge in [-0.25, -0.2) is 0 Å². The third kappa shape index (κ3) is 2.25. The lowest BCUT2D eigenvalue weighted by Gasteiger charge is -2.08. The number of fused-ring (bicyclic) bond motifs is 1. The van der Waals surface area contributed by atoms with Crippen molar-refractivity contribution in [3.8, 4) is 0 Å². The Balaban J connectivity index is 2.30. The van der Waals surface area contributed by atoms with Crippen molar-refractivity contribution in [1.82, 2.24) is 4.57 Å². The molecule has 2 N–H and O–H groups in total. The van der Waals surface area contributed by atoms with Gasteiger partial charge in [0, 0.05) is 25.0 Å². The summed E-state index contributed by atoms with van der Waals surface area (Å²) in [6.45, 7) is 3.88. The minimum Gasteiger partial charge on any atom is -0.346 e. The lowest BCUT2D eigenvalue weighted by atomic mass is 10.1. The molecule has 2 aromatic rings. The zero-order valence-electron chi connectivity index (χ0n) is 9.65. The Morgan fingerprint density at radius 3 is 2.94 bits per heavy atom. The van der Waals surface area contributed by atoms with E-state index in [-0.39, 0.29) is 0 Å². The summed E-state index contributed by atoms with van der Waals surface area (Å²) >= 11 is 1.98. The fraction of sp³-hybridized carbons (Fsp3) is 0.385. The maximum absolute atomic E-state index is 5.78. The molecule has 0 saturated carbocycles. The number of aromatic nitrogens is 1. The fourth-order valence-electron chi connectivity index (χ4n) is 2.00. The molecule has 16 heavy (non-hydrogen) atoms. The SMILES string of the molecule is CCSCCn1ccc2cccc(CN)c21. The summed E-state index contributed by atoms with van der Waals surface area (Å²) in [6, 6.07) is 8.52. The summed E-state index contributed by atoms with van der Waals surface area (Å²) in [5, 5.41) is 1.30. The molecule has 2 nitrogen and oxygen atoms in total. The van der Waals surface area contributed by atoms with Crippen LogP contribution in [0.4, 0.5) is 0 Å². The van der Waals surface area contributed by atoms with Crippen LogP contribution in [-0.2, 0) is 13.1 Å². The van der Waals surface area contributed by atoms with E-state index in [1.54, 1.807) is 0 Å². The molecular weight excluding hydrogens is 216 g/mol. The van der Waals surface area contributed by atoms with Crippen molar-refractivity contribution in [2.75, 3.05) is 11.5 Å². The average Bonchev–Trinajstić information content (AvgIpc) is 2.73. The molecule has 0 aliphatic rings. The van der Waals surface area contributed by atoms with Gasteiger partial charge in [-0.05, 0) is 22.8 Å². The topological polar surface area (TPSA) is 30.9 Å². The van der Waals surface area contributed by atoms with Gasteiger partial charge in [-0.1, -0.05) is 25.1 Å². The summed E-state index contributed by atoms with van der Waals surface area (Å²) in [6.07, 6.45) is 2.17. The van der Waals surface area contributed by atoms with E-state index in [1.165, 1.54) is 28.0 Å². The molecule has 1 heterocycles. The predicted molar refractivity (Wildman–Crippen MR) is 72.8 cm³/mol. The second-order valence-electron chi connectivity index (χ2n) is 3.77. The van der Waals surface area contributed by atoms with E-state index in [9.17, 15) is 0 Å². The van der Waals surface area contributed by atoms with E-state index in [0.717, 1.165) is 6.54 Å². The second kappa shape index (κ2) is 5.41. The van der Waals surface area contributed by atoms with E-state index in [4.69, 9.17) is 5.73 Å². The third-order valence-corrected chi connectivity index (χ3v) is 3.65. The number of nitrogens with zero attached hydrogens (tertiary/aromatic N) is 1. The molecular formula is C13H18N2S. The zero-order valence-corrected chi connectivity index (χ0v) is 10.5. The molecule has 0 amide bonds. The van der Waals surface area contributed by atoms with Gasteiger partial charge in [-0.15, -0.1) is 0 Å². The first-order valence-corrected chi connectivity index (χ1v) is 6.87. The predicted octanol–water partition coefficient (Wildman–Crippen LogP) is 2.85. The van der Waals surface area contributed by atoms with Gasteiger partial charge in [-0.3, -0.25) is 0 Å². The number of hydrogen-bond acceptors (Lipinski definition) is 2. The number of rotatable bonds is 5. The van der Waals surface area contributed by atoms with Crippen LogP contribution in [0, 0.1) is 0 Å². The number of nitrogens with two attached hydrogens (primary N) is 1. The van der Waals surface area contributed by atoms with E-state index in [0.29, 0.717) is 6.54 Å². The highest BCUT2D eigenvalue weighted by atomic mass is 32.2. The van der Waals surface area contributed by atoms with Crippen LogP contribution in [0.15, 0.2) is 30.5 Å². The molecule has 3 heteroatoms. The van der Waals surface area contributed by atoms with Crippen LogP contribution in [0.1, 0.15) is 12.5 Å². The van der Waals surface area contributed by atoms with Crippen LogP contribution in [-0.4, -0.2) is 16.1 Å². The minimum atomic E-state index is 0.613. The van der Waals surface area contributed by atoms with Crippen molar-refractivity contribution in [1.29, 1.82) is 0 Å². The normalized spacial score (nSPS) is 11.1. The van der Waals surface area contributed by atoms with Crippen molar-refractivity contribution in [3.05, 3.63) is 36.0 Å². The summed E-state index contributed by atoms with van der Waals surface area (Å²) in [5.41, 5.74) is 8.33. The molecule has 0 bridgehead atoms. The fourth-order valence-corrected chi connectivity index (χ4v) is 2.61. The van der Waals surface area contributed by atoms with Gasteiger partial charge in [0.1, 0.15) is 0 Å². The van der Waals surface area contributed by atoms with E-state index < -0.39 is 0 Å². The Hall–Kier alpha value is -0.930. The highest BCUT2D eigenvalue weighted by Gasteiger charge is 2.04.